The molecule has 1 heterocycles. The summed E-state index contributed by atoms with van der Waals surface area (Å²) in [7, 11) is 0. The molecule has 2 N–H and O–H groups in total. The third-order valence-corrected chi connectivity index (χ3v) is 5.65. The third-order valence-electron chi connectivity index (χ3n) is 4.28. The van der Waals surface area contributed by atoms with Gasteiger partial charge < -0.3 is 5.32 Å². The van der Waals surface area contributed by atoms with Crippen LogP contribution >= 0.6 is 23.4 Å². The molecule has 2 aromatic carbocycles. The number of hydrogen-bond acceptors (Lipinski definition) is 4. The Bertz CT molecular complexity index is 939. The first-order chi connectivity index (χ1) is 13.0. The quantitative estimate of drug-likeness (QED) is 0.563. The minimum atomic E-state index is -0.352. The highest BCUT2D eigenvalue weighted by Crippen LogP contribution is 2.26. The standard InChI is InChI=1S/C20H21ClN4OS/c1-4-14-8-10-15(11-9-14)18-23-20(25-24-18)27-13(3)19(26)22-17-7-5-6-16(21)12(17)2/h5-11,13H,4H2,1-3H3,(H,22,26)(H,23,24,25). The minimum Gasteiger partial charge on any atom is -0.325 e. The van der Waals surface area contributed by atoms with Gasteiger partial charge in [0.1, 0.15) is 0 Å². The lowest BCUT2D eigenvalue weighted by atomic mass is 10.1. The molecule has 0 fully saturated rings. The first-order valence-electron chi connectivity index (χ1n) is 8.72. The van der Waals surface area contributed by atoms with Crippen molar-refractivity contribution in [3.63, 3.8) is 0 Å². The van der Waals surface area contributed by atoms with Crippen LogP contribution in [-0.4, -0.2) is 26.3 Å². The van der Waals surface area contributed by atoms with E-state index in [1.807, 2.05) is 38.1 Å². The van der Waals surface area contributed by atoms with Crippen molar-refractivity contribution in [3.05, 3.63) is 58.6 Å². The molecule has 1 aromatic heterocycles. The summed E-state index contributed by atoms with van der Waals surface area (Å²) in [5.41, 5.74) is 3.81. The maximum absolute atomic E-state index is 12.5. The second-order valence-corrected chi connectivity index (χ2v) is 7.89. The topological polar surface area (TPSA) is 70.7 Å². The third kappa shape index (κ3) is 4.70. The van der Waals surface area contributed by atoms with Gasteiger partial charge in [-0.05, 0) is 43.5 Å². The lowest BCUT2D eigenvalue weighted by Crippen LogP contribution is -2.23. The average Bonchev–Trinajstić information content (AvgIpc) is 3.14. The molecule has 0 saturated carbocycles. The van der Waals surface area contributed by atoms with Crippen LogP contribution < -0.4 is 5.32 Å². The van der Waals surface area contributed by atoms with Crippen LogP contribution in [0.2, 0.25) is 5.02 Å². The van der Waals surface area contributed by atoms with Gasteiger partial charge in [0.05, 0.1) is 5.25 Å². The zero-order valence-corrected chi connectivity index (χ0v) is 17.0. The molecule has 140 valence electrons. The number of nitrogens with one attached hydrogen (secondary N) is 2. The van der Waals surface area contributed by atoms with E-state index in [0.717, 1.165) is 17.5 Å². The summed E-state index contributed by atoms with van der Waals surface area (Å²) < 4.78 is 0. The summed E-state index contributed by atoms with van der Waals surface area (Å²) in [6, 6.07) is 13.6. The van der Waals surface area contributed by atoms with E-state index in [9.17, 15) is 4.79 Å². The Kier molecular flexibility index (Phi) is 6.19. The van der Waals surface area contributed by atoms with E-state index in [1.165, 1.54) is 17.3 Å². The zero-order valence-electron chi connectivity index (χ0n) is 15.4. The predicted molar refractivity (Wildman–Crippen MR) is 111 cm³/mol. The van der Waals surface area contributed by atoms with Crippen LogP contribution in [0.25, 0.3) is 11.4 Å². The molecule has 1 unspecified atom stereocenters. The zero-order chi connectivity index (χ0) is 19.4. The number of hydrogen-bond donors (Lipinski definition) is 2. The van der Waals surface area contributed by atoms with E-state index >= 15 is 0 Å². The van der Waals surface area contributed by atoms with Crippen LogP contribution in [-0.2, 0) is 11.2 Å². The number of amides is 1. The van der Waals surface area contributed by atoms with Gasteiger partial charge in [0.15, 0.2) is 5.82 Å². The Morgan fingerprint density at radius 2 is 2.00 bits per heavy atom. The Hall–Kier alpha value is -2.31. The van der Waals surface area contributed by atoms with E-state index in [2.05, 4.69) is 39.6 Å². The minimum absolute atomic E-state index is 0.121. The van der Waals surface area contributed by atoms with Gasteiger partial charge in [-0.2, -0.15) is 0 Å². The van der Waals surface area contributed by atoms with E-state index in [4.69, 9.17) is 11.6 Å². The van der Waals surface area contributed by atoms with Crippen molar-refractivity contribution in [2.24, 2.45) is 0 Å². The average molecular weight is 401 g/mol. The number of carbonyl (C=O) groups is 1. The fraction of sp³-hybridized carbons (Fsp3) is 0.250. The van der Waals surface area contributed by atoms with Crippen molar-refractivity contribution in [2.45, 2.75) is 37.6 Å². The molecule has 0 radical (unpaired) electrons. The van der Waals surface area contributed by atoms with E-state index < -0.39 is 0 Å². The highest BCUT2D eigenvalue weighted by molar-refractivity contribution is 8.00. The molecule has 1 amide bonds. The summed E-state index contributed by atoms with van der Waals surface area (Å²) in [6.45, 7) is 5.82. The molecule has 0 aliphatic rings. The Morgan fingerprint density at radius 1 is 1.26 bits per heavy atom. The van der Waals surface area contributed by atoms with Crippen LogP contribution in [0.1, 0.15) is 25.0 Å². The van der Waals surface area contributed by atoms with E-state index in [0.29, 0.717) is 21.7 Å². The van der Waals surface area contributed by atoms with Crippen molar-refractivity contribution in [2.75, 3.05) is 5.32 Å². The molecule has 7 heteroatoms. The fourth-order valence-electron chi connectivity index (χ4n) is 2.52. The number of nitrogens with zero attached hydrogens (tertiary/aromatic N) is 2. The summed E-state index contributed by atoms with van der Waals surface area (Å²) in [6.07, 6.45) is 0.997. The van der Waals surface area contributed by atoms with Crippen LogP contribution in [0.4, 0.5) is 5.69 Å². The Balaban J connectivity index is 1.65. The number of rotatable bonds is 6. The second kappa shape index (κ2) is 8.59. The van der Waals surface area contributed by atoms with Crippen molar-refractivity contribution in [1.29, 1.82) is 0 Å². The van der Waals surface area contributed by atoms with E-state index in [1.54, 1.807) is 6.07 Å². The van der Waals surface area contributed by atoms with Crippen LogP contribution in [0, 0.1) is 6.92 Å². The number of benzene rings is 2. The van der Waals surface area contributed by atoms with Gasteiger partial charge in [0.25, 0.3) is 0 Å². The molecule has 0 aliphatic heterocycles. The maximum Gasteiger partial charge on any atom is 0.237 e. The van der Waals surface area contributed by atoms with Gasteiger partial charge in [-0.3, -0.25) is 9.89 Å². The number of aromatic amines is 1. The maximum atomic E-state index is 12.5. The molecule has 0 aliphatic carbocycles. The van der Waals surface area contributed by atoms with Crippen molar-refractivity contribution >= 4 is 35.0 Å². The van der Waals surface area contributed by atoms with Gasteiger partial charge in [0.2, 0.25) is 11.1 Å². The molecular formula is C20H21ClN4OS. The monoisotopic (exact) mass is 400 g/mol. The molecule has 5 nitrogen and oxygen atoms in total. The van der Waals surface area contributed by atoms with Gasteiger partial charge in [-0.25, -0.2) is 4.98 Å². The lowest BCUT2D eigenvalue weighted by Gasteiger charge is -2.12. The number of anilines is 1. The summed E-state index contributed by atoms with van der Waals surface area (Å²) >= 11 is 7.41. The van der Waals surface area contributed by atoms with Crippen molar-refractivity contribution < 1.29 is 4.79 Å². The normalized spacial score (nSPS) is 12.0. The number of aromatic nitrogens is 3. The molecule has 3 aromatic rings. The number of carbonyl (C=O) groups excluding carboxylic acids is 1. The largest absolute Gasteiger partial charge is 0.325 e. The second-order valence-electron chi connectivity index (χ2n) is 6.18. The molecule has 27 heavy (non-hydrogen) atoms. The number of aryl methyl sites for hydroxylation is 1. The SMILES string of the molecule is CCc1ccc(-c2nc(SC(C)C(=O)Nc3cccc(Cl)c3C)n[nH]2)cc1. The number of thioether (sulfide) groups is 1. The molecular weight excluding hydrogens is 380 g/mol. The van der Waals surface area contributed by atoms with Gasteiger partial charge >= 0.3 is 0 Å². The van der Waals surface area contributed by atoms with Gasteiger partial charge in [-0.1, -0.05) is 60.6 Å². The molecule has 0 bridgehead atoms. The summed E-state index contributed by atoms with van der Waals surface area (Å²) in [5.74, 6) is 0.572. The summed E-state index contributed by atoms with van der Waals surface area (Å²) in [4.78, 5) is 17.0. The highest BCUT2D eigenvalue weighted by Gasteiger charge is 2.18. The van der Waals surface area contributed by atoms with Crippen LogP contribution in [0.3, 0.4) is 0 Å². The smallest absolute Gasteiger partial charge is 0.237 e. The number of halogens is 1. The van der Waals surface area contributed by atoms with Gasteiger partial charge in [0, 0.05) is 16.3 Å². The Morgan fingerprint density at radius 3 is 2.70 bits per heavy atom. The first-order valence-corrected chi connectivity index (χ1v) is 9.98. The fourth-order valence-corrected chi connectivity index (χ4v) is 3.41. The molecule has 3 rings (SSSR count). The highest BCUT2D eigenvalue weighted by atomic mass is 35.5. The van der Waals surface area contributed by atoms with Crippen LogP contribution in [0.5, 0.6) is 0 Å². The molecule has 0 saturated heterocycles. The van der Waals surface area contributed by atoms with E-state index in [-0.39, 0.29) is 11.2 Å². The first kappa shape index (κ1) is 19.5. The predicted octanol–water partition coefficient (Wildman–Crippen LogP) is 5.12. The van der Waals surface area contributed by atoms with Crippen molar-refractivity contribution in [1.82, 2.24) is 15.2 Å². The van der Waals surface area contributed by atoms with Gasteiger partial charge in [-0.15, -0.1) is 5.10 Å². The van der Waals surface area contributed by atoms with Crippen molar-refractivity contribution in [3.8, 4) is 11.4 Å². The molecule has 0 spiro atoms. The summed E-state index contributed by atoms with van der Waals surface area (Å²) in [5, 5.41) is 10.9. The lowest BCUT2D eigenvalue weighted by molar-refractivity contribution is -0.115. The number of H-pyrrole nitrogens is 1. The molecule has 1 atom stereocenters. The van der Waals surface area contributed by atoms with Crippen LogP contribution in [0.15, 0.2) is 47.6 Å². The Labute approximate surface area is 167 Å².